The van der Waals surface area contributed by atoms with Gasteiger partial charge in [0.1, 0.15) is 5.69 Å². The van der Waals surface area contributed by atoms with Crippen LogP contribution in [0.1, 0.15) is 83.1 Å². The van der Waals surface area contributed by atoms with Crippen LogP contribution in [0.15, 0.2) is 12.1 Å². The van der Waals surface area contributed by atoms with Gasteiger partial charge in [-0.2, -0.15) is 8.78 Å². The minimum absolute atomic E-state index is 0.357. The molecule has 0 aliphatic rings. The maximum Gasteiger partial charge on any atom is 0.222 e. The van der Waals surface area contributed by atoms with Crippen LogP contribution in [0.3, 0.4) is 0 Å². The van der Waals surface area contributed by atoms with E-state index in [-0.39, 0.29) is 0 Å². The van der Waals surface area contributed by atoms with Crippen LogP contribution in [-0.2, 0) is 0 Å². The third-order valence-corrected chi connectivity index (χ3v) is 39.9. The molecule has 77 heavy (non-hydrogen) atoms. The van der Waals surface area contributed by atoms with Gasteiger partial charge >= 0.3 is 0 Å². The lowest BCUT2D eigenvalue weighted by Crippen LogP contribution is -2.54. The molecule has 0 saturated heterocycles. The van der Waals surface area contributed by atoms with Gasteiger partial charge in [0.2, 0.25) is 17.3 Å². The Morgan fingerprint density at radius 1 is 0.273 bits per heavy atom. The third-order valence-electron chi connectivity index (χ3n) is 18.1. The Labute approximate surface area is 445 Å². The minimum atomic E-state index is -3.81. The summed E-state index contributed by atoms with van der Waals surface area (Å²) in [5.41, 5.74) is -14.3. The van der Waals surface area contributed by atoms with E-state index in [9.17, 15) is 0 Å². The molecule has 0 radical (unpaired) electrons. The first kappa shape index (κ1) is 63.6. The van der Waals surface area contributed by atoms with Gasteiger partial charge in [0.15, 0.2) is 81.4 Å². The number of rotatable bonds is 9. The van der Waals surface area contributed by atoms with Crippen LogP contribution in [0.5, 0.6) is 0 Å². The monoisotopic (exact) mass is 1170 g/mol. The zero-order valence-corrected chi connectivity index (χ0v) is 51.6. The zero-order chi connectivity index (χ0) is 60.1. The van der Waals surface area contributed by atoms with E-state index in [0.29, 0.717) is 26.2 Å². The summed E-state index contributed by atoms with van der Waals surface area (Å²) in [6.45, 7) is 29.0. The Morgan fingerprint density at radius 3 is 0.714 bits per heavy atom. The smallest absolute Gasteiger partial charge is 0.222 e. The van der Waals surface area contributed by atoms with Crippen molar-refractivity contribution >= 4 is 64.4 Å². The molecule has 0 unspecified atom stereocenters. The van der Waals surface area contributed by atoms with Crippen LogP contribution in [0.4, 0.5) is 81.6 Å². The van der Waals surface area contributed by atoms with Crippen molar-refractivity contribution in [1.82, 2.24) is 4.48 Å². The molecule has 0 aromatic heterocycles. The molecule has 5 aromatic rings. The maximum absolute atomic E-state index is 17.8. The molecule has 0 atom stereocenters. The van der Waals surface area contributed by atoms with Crippen LogP contribution in [0.25, 0.3) is 33.4 Å². The van der Waals surface area contributed by atoms with Crippen molar-refractivity contribution in [3.8, 4) is 33.4 Å². The van der Waals surface area contributed by atoms with Gasteiger partial charge in [-0.3, -0.25) is 4.48 Å². The highest BCUT2D eigenvalue weighted by Crippen LogP contribution is 2.55. The standard InChI is InChI=1S/C56H68F16NSi4/c1-53(2,3)74(15,16)49-40(65)32(57)28(33(58)41(49)66)25-23-24-26(73(13,14)48-38(63)46(71)52(47(72)39(48)64)77(21,22)56(10,11)12)29(31-36(61)44(69)51(45(70)37(31)62)76(19,20)55(7,8)9)27(25)30-34(59)42(67)50(43(68)35(30)60)75(17,18)54(4,5)6/h23-24H,1-22H3/q+1. The van der Waals surface area contributed by atoms with Crippen LogP contribution in [-0.4, -0.2) is 46.4 Å². The van der Waals surface area contributed by atoms with Crippen molar-refractivity contribution in [3.63, 3.8) is 0 Å². The summed E-state index contributed by atoms with van der Waals surface area (Å²) in [6, 6.07) is 0.806. The third kappa shape index (κ3) is 9.41. The summed E-state index contributed by atoms with van der Waals surface area (Å²) in [5.74, 6) is -35.5. The molecule has 5 rings (SSSR count). The summed E-state index contributed by atoms with van der Waals surface area (Å²) >= 11 is 0. The lowest BCUT2D eigenvalue weighted by Gasteiger charge is -2.39. The van der Waals surface area contributed by atoms with E-state index in [4.69, 9.17) is 0 Å². The molecule has 1 nitrogen and oxygen atoms in total. The maximum atomic E-state index is 17.8. The number of hydrogen-bond donors (Lipinski definition) is 0. The van der Waals surface area contributed by atoms with E-state index in [1.807, 2.05) is 0 Å². The first-order valence-corrected chi connectivity index (χ1v) is 36.8. The second-order valence-electron chi connectivity index (χ2n) is 26.8. The Hall–Kier alpha value is -4.19. The van der Waals surface area contributed by atoms with Crippen molar-refractivity contribution in [2.45, 2.75) is 156 Å². The van der Waals surface area contributed by atoms with Gasteiger partial charge in [-0.25, -0.2) is 61.5 Å². The second kappa shape index (κ2) is 19.5. The van der Waals surface area contributed by atoms with E-state index in [0.717, 1.165) is 0 Å². The number of halogens is 16. The predicted octanol–water partition coefficient (Wildman–Crippen LogP) is 17.7. The molecular formula is C56H68F16NSi4+. The van der Waals surface area contributed by atoms with Crippen molar-refractivity contribution in [2.75, 3.05) is 14.1 Å². The average molecular weight is 1170 g/mol. The Kier molecular flexibility index (Phi) is 16.1. The fourth-order valence-corrected chi connectivity index (χ4v) is 17.5. The molecule has 0 N–H and O–H groups in total. The van der Waals surface area contributed by atoms with Crippen LogP contribution in [0, 0.1) is 93.1 Å². The van der Waals surface area contributed by atoms with E-state index < -0.39 is 216 Å². The zero-order valence-electron chi connectivity index (χ0n) is 47.6. The highest BCUT2D eigenvalue weighted by molar-refractivity contribution is 6.93. The SMILES string of the molecule is CC(C)(C)[Si](C)(C)c1c(F)c(F)c(-c2ccc([N+](C)(C)c3c(F)c(F)c([Si](C)(C)C(C)(C)C)c(F)c3F)c(-c3c(F)c(F)c([Si](C)(C)C(C)(C)C)c(F)c3F)c2-c2c(F)c(F)c([Si](C)(C)C(C)(C)C)c(F)c2F)c(F)c1F. The molecule has 0 spiro atoms. The summed E-state index contributed by atoms with van der Waals surface area (Å²) in [7, 11) is -13.6. The molecule has 0 aliphatic heterocycles. The van der Waals surface area contributed by atoms with Gasteiger partial charge in [-0.05, 0) is 31.8 Å². The molecule has 424 valence electrons. The molecule has 5 aromatic carbocycles. The molecule has 21 heteroatoms. The highest BCUT2D eigenvalue weighted by Gasteiger charge is 2.52. The summed E-state index contributed by atoms with van der Waals surface area (Å²) in [5, 5.41) is -8.65. The van der Waals surface area contributed by atoms with Crippen LogP contribution >= 0.6 is 0 Å². The van der Waals surface area contributed by atoms with Crippen molar-refractivity contribution in [3.05, 3.63) is 105 Å². The molecule has 0 aliphatic carbocycles. The Balaban J connectivity index is 2.32. The summed E-state index contributed by atoms with van der Waals surface area (Å²) < 4.78 is 274. The first-order chi connectivity index (χ1) is 34.3. The second-order valence-corrected chi connectivity index (χ2v) is 47.8. The highest BCUT2D eigenvalue weighted by atomic mass is 28.3. The molecule has 0 bridgehead atoms. The molecule has 0 amide bonds. The summed E-state index contributed by atoms with van der Waals surface area (Å²) in [4.78, 5) is 0. The number of hydrogen-bond acceptors (Lipinski definition) is 0. The lowest BCUT2D eigenvalue weighted by molar-refractivity contribution is 0.416. The van der Waals surface area contributed by atoms with Crippen molar-refractivity contribution < 1.29 is 70.2 Å². The van der Waals surface area contributed by atoms with E-state index in [1.54, 1.807) is 20.8 Å². The lowest BCUT2D eigenvalue weighted by atomic mass is 9.84. The number of quaternary nitrogens is 1. The quantitative estimate of drug-likeness (QED) is 0.0597. The van der Waals surface area contributed by atoms with Gasteiger partial charge in [0.25, 0.3) is 0 Å². The van der Waals surface area contributed by atoms with E-state index in [1.165, 1.54) is 115 Å². The van der Waals surface area contributed by atoms with Crippen molar-refractivity contribution in [2.24, 2.45) is 0 Å². The fourth-order valence-electron chi connectivity index (χ4n) is 9.28. The predicted molar refractivity (Wildman–Crippen MR) is 289 cm³/mol. The van der Waals surface area contributed by atoms with E-state index in [2.05, 4.69) is 0 Å². The van der Waals surface area contributed by atoms with Crippen LogP contribution < -0.4 is 25.2 Å². The normalized spacial score (nSPS) is 13.8. The van der Waals surface area contributed by atoms with Crippen molar-refractivity contribution in [1.29, 1.82) is 0 Å². The first-order valence-electron chi connectivity index (χ1n) is 24.8. The Morgan fingerprint density at radius 2 is 0.481 bits per heavy atom. The fraction of sp³-hybridized carbons (Fsp3) is 0.464. The molecule has 0 heterocycles. The Bertz CT molecular complexity index is 3160. The number of benzene rings is 5. The van der Waals surface area contributed by atoms with Gasteiger partial charge in [0, 0.05) is 32.4 Å². The largest absolute Gasteiger partial charge is 0.258 e. The minimum Gasteiger partial charge on any atom is -0.258 e. The van der Waals surface area contributed by atoms with Crippen LogP contribution in [0.2, 0.25) is 72.5 Å². The van der Waals surface area contributed by atoms with E-state index >= 15 is 70.2 Å². The van der Waals surface area contributed by atoms with Gasteiger partial charge in [-0.15, -0.1) is 0 Å². The number of nitrogens with zero attached hydrogens (tertiary/aromatic N) is 1. The van der Waals surface area contributed by atoms with Gasteiger partial charge in [-0.1, -0.05) is 135 Å². The van der Waals surface area contributed by atoms with Gasteiger partial charge < -0.3 is 0 Å². The molecule has 0 saturated carbocycles. The molecular weight excluding hydrogens is 1100 g/mol. The van der Waals surface area contributed by atoms with Gasteiger partial charge in [0.05, 0.1) is 68.6 Å². The average Bonchev–Trinajstić information content (AvgIpc) is 3.25. The molecule has 0 fully saturated rings. The topological polar surface area (TPSA) is 0 Å². The summed E-state index contributed by atoms with van der Waals surface area (Å²) in [6.07, 6.45) is 0.